The van der Waals surface area contributed by atoms with E-state index in [9.17, 15) is 13.2 Å². The van der Waals surface area contributed by atoms with Gasteiger partial charge in [0.05, 0.1) is 16.1 Å². The molecule has 1 aliphatic heterocycles. The molecule has 156 valence electrons. The average Bonchev–Trinajstić information content (AvgIpc) is 3.22. The van der Waals surface area contributed by atoms with Crippen LogP contribution in [0.5, 0.6) is 0 Å². The number of halogens is 2. The largest absolute Gasteiger partial charge is 0.368 e. The van der Waals surface area contributed by atoms with Crippen LogP contribution < -0.4 is 5.73 Å². The zero-order chi connectivity index (χ0) is 20.6. The van der Waals surface area contributed by atoms with Gasteiger partial charge in [-0.2, -0.15) is 4.31 Å². The number of rotatable bonds is 7. The van der Waals surface area contributed by atoms with E-state index in [0.29, 0.717) is 19.5 Å². The third kappa shape index (κ3) is 3.92. The Labute approximate surface area is 177 Å². The third-order valence-corrected chi connectivity index (χ3v) is 9.03. The lowest BCUT2D eigenvalue weighted by molar-refractivity contribution is -0.124. The molecule has 0 unspecified atom stereocenters. The molecule has 0 bridgehead atoms. The van der Waals surface area contributed by atoms with Gasteiger partial charge >= 0.3 is 0 Å². The molecular weight excluding hydrogens is 421 g/mol. The van der Waals surface area contributed by atoms with Gasteiger partial charge in [-0.05, 0) is 50.3 Å². The molecule has 1 saturated heterocycles. The quantitative estimate of drug-likeness (QED) is 0.695. The molecule has 0 spiro atoms. The van der Waals surface area contributed by atoms with Crippen LogP contribution in [0.2, 0.25) is 10.0 Å². The van der Waals surface area contributed by atoms with E-state index in [-0.39, 0.29) is 44.8 Å². The summed E-state index contributed by atoms with van der Waals surface area (Å²) < 4.78 is 27.8. The van der Waals surface area contributed by atoms with Crippen LogP contribution in [-0.2, 0) is 14.8 Å². The SMILES string of the molecule is CCC[C@@H](C(N)=O)N(C)[C@H]1CC[C@@H]2CN(S(=O)(=O)c3cccc(Cl)c3Cl)C[C@@H]21. The maximum Gasteiger partial charge on any atom is 0.244 e. The Kier molecular flexibility index (Phi) is 6.61. The Hall–Kier alpha value is -0.860. The van der Waals surface area contributed by atoms with E-state index in [2.05, 4.69) is 4.90 Å². The Morgan fingerprint density at radius 1 is 1.32 bits per heavy atom. The Bertz CT molecular complexity index is 849. The van der Waals surface area contributed by atoms with Crippen molar-refractivity contribution < 1.29 is 13.2 Å². The lowest BCUT2D eigenvalue weighted by Gasteiger charge is -2.34. The standard InChI is InChI=1S/C19H27Cl2N3O3S/c1-3-5-16(19(22)25)23(2)15-9-8-12-10-24(11-13(12)15)28(26,27)17-7-4-6-14(20)18(17)21/h4,6-7,12-13,15-16H,3,5,8-11H2,1-2H3,(H2,22,25)/t12-,13+,15+,16+/m1/s1. The molecular formula is C19H27Cl2N3O3S. The molecule has 2 aliphatic rings. The van der Waals surface area contributed by atoms with Gasteiger partial charge in [0.25, 0.3) is 0 Å². The normalized spacial score (nSPS) is 26.5. The van der Waals surface area contributed by atoms with E-state index >= 15 is 0 Å². The van der Waals surface area contributed by atoms with Crippen molar-refractivity contribution in [1.29, 1.82) is 0 Å². The van der Waals surface area contributed by atoms with Crippen LogP contribution in [0, 0.1) is 11.8 Å². The molecule has 1 aromatic rings. The number of nitrogens with two attached hydrogens (primary N) is 1. The molecule has 2 fully saturated rings. The second kappa shape index (κ2) is 8.48. The van der Waals surface area contributed by atoms with Crippen LogP contribution in [0.1, 0.15) is 32.6 Å². The minimum Gasteiger partial charge on any atom is -0.368 e. The first-order valence-electron chi connectivity index (χ1n) is 9.63. The predicted octanol–water partition coefficient (Wildman–Crippen LogP) is 2.98. The fraction of sp³-hybridized carbons (Fsp3) is 0.632. The zero-order valence-electron chi connectivity index (χ0n) is 16.1. The third-order valence-electron chi connectivity index (χ3n) is 6.22. The minimum absolute atomic E-state index is 0.0486. The topological polar surface area (TPSA) is 83.7 Å². The zero-order valence-corrected chi connectivity index (χ0v) is 18.5. The van der Waals surface area contributed by atoms with Gasteiger partial charge in [0.2, 0.25) is 15.9 Å². The molecule has 1 saturated carbocycles. The van der Waals surface area contributed by atoms with Crippen LogP contribution in [0.3, 0.4) is 0 Å². The number of fused-ring (bicyclic) bond motifs is 1. The summed E-state index contributed by atoms with van der Waals surface area (Å²) in [6.07, 6.45) is 3.46. The van der Waals surface area contributed by atoms with Crippen LogP contribution in [0.4, 0.5) is 0 Å². The van der Waals surface area contributed by atoms with Crippen LogP contribution in [0.25, 0.3) is 0 Å². The Balaban J connectivity index is 1.80. The highest BCUT2D eigenvalue weighted by Crippen LogP contribution is 2.43. The highest BCUT2D eigenvalue weighted by Gasteiger charge is 2.48. The van der Waals surface area contributed by atoms with Crippen molar-refractivity contribution in [2.75, 3.05) is 20.1 Å². The number of carbonyl (C=O) groups excluding carboxylic acids is 1. The van der Waals surface area contributed by atoms with Gasteiger partial charge in [-0.1, -0.05) is 42.6 Å². The first-order chi connectivity index (χ1) is 13.2. The fourth-order valence-corrected chi connectivity index (χ4v) is 7.04. The van der Waals surface area contributed by atoms with Crippen molar-refractivity contribution in [3.05, 3.63) is 28.2 Å². The smallest absolute Gasteiger partial charge is 0.244 e. The summed E-state index contributed by atoms with van der Waals surface area (Å²) >= 11 is 12.2. The highest BCUT2D eigenvalue weighted by atomic mass is 35.5. The summed E-state index contributed by atoms with van der Waals surface area (Å²) in [5.74, 6) is 0.132. The van der Waals surface area contributed by atoms with Gasteiger partial charge in [0.1, 0.15) is 4.90 Å². The number of amides is 1. The molecule has 28 heavy (non-hydrogen) atoms. The number of likely N-dealkylation sites (N-methyl/N-ethyl adjacent to an activating group) is 1. The molecule has 1 amide bonds. The van der Waals surface area contributed by atoms with Crippen LogP contribution in [-0.4, -0.2) is 55.8 Å². The van der Waals surface area contributed by atoms with E-state index < -0.39 is 10.0 Å². The number of hydrogen-bond donors (Lipinski definition) is 1. The lowest BCUT2D eigenvalue weighted by atomic mass is 9.95. The molecule has 0 aromatic heterocycles. The van der Waals surface area contributed by atoms with E-state index in [0.717, 1.165) is 19.3 Å². The van der Waals surface area contributed by atoms with Crippen molar-refractivity contribution in [3.63, 3.8) is 0 Å². The number of benzene rings is 1. The summed E-state index contributed by atoms with van der Waals surface area (Å²) in [6.45, 7) is 2.91. The fourth-order valence-electron chi connectivity index (χ4n) is 4.77. The van der Waals surface area contributed by atoms with E-state index in [1.807, 2.05) is 14.0 Å². The van der Waals surface area contributed by atoms with Crippen molar-refractivity contribution in [2.45, 2.75) is 49.6 Å². The second-order valence-corrected chi connectivity index (χ2v) is 10.5. The molecule has 0 radical (unpaired) electrons. The summed E-state index contributed by atoms with van der Waals surface area (Å²) in [7, 11) is -1.79. The molecule has 2 N–H and O–H groups in total. The second-order valence-electron chi connectivity index (χ2n) is 7.81. The first kappa shape index (κ1) is 21.8. The van der Waals surface area contributed by atoms with Crippen molar-refractivity contribution in [1.82, 2.24) is 9.21 Å². The van der Waals surface area contributed by atoms with E-state index in [1.54, 1.807) is 12.1 Å². The van der Waals surface area contributed by atoms with E-state index in [1.165, 1.54) is 10.4 Å². The highest BCUT2D eigenvalue weighted by molar-refractivity contribution is 7.89. The molecule has 1 heterocycles. The van der Waals surface area contributed by atoms with E-state index in [4.69, 9.17) is 28.9 Å². The summed E-state index contributed by atoms with van der Waals surface area (Å²) in [5.41, 5.74) is 5.62. The number of nitrogens with zero attached hydrogens (tertiary/aromatic N) is 2. The number of hydrogen-bond acceptors (Lipinski definition) is 4. The Morgan fingerprint density at radius 2 is 2.04 bits per heavy atom. The van der Waals surface area contributed by atoms with Gasteiger partial charge in [-0.3, -0.25) is 9.69 Å². The maximum absolute atomic E-state index is 13.2. The number of carbonyl (C=O) groups is 1. The number of primary amides is 1. The molecule has 1 aromatic carbocycles. The predicted molar refractivity (Wildman–Crippen MR) is 111 cm³/mol. The van der Waals surface area contributed by atoms with Gasteiger partial charge in [0, 0.05) is 19.1 Å². The van der Waals surface area contributed by atoms with Gasteiger partial charge in [0.15, 0.2) is 0 Å². The molecule has 3 rings (SSSR count). The summed E-state index contributed by atoms with van der Waals surface area (Å²) in [5, 5.41) is 0.287. The monoisotopic (exact) mass is 447 g/mol. The van der Waals surface area contributed by atoms with Gasteiger partial charge < -0.3 is 5.73 Å². The molecule has 6 nitrogen and oxygen atoms in total. The van der Waals surface area contributed by atoms with Gasteiger partial charge in [-0.15, -0.1) is 0 Å². The first-order valence-corrected chi connectivity index (χ1v) is 11.8. The maximum atomic E-state index is 13.2. The van der Waals surface area contributed by atoms with Crippen molar-refractivity contribution in [3.8, 4) is 0 Å². The summed E-state index contributed by atoms with van der Waals surface area (Å²) in [6, 6.07) is 4.48. The van der Waals surface area contributed by atoms with Crippen molar-refractivity contribution in [2.24, 2.45) is 17.6 Å². The molecule has 1 aliphatic carbocycles. The lowest BCUT2D eigenvalue weighted by Crippen LogP contribution is -2.49. The summed E-state index contributed by atoms with van der Waals surface area (Å²) in [4.78, 5) is 14.0. The molecule has 4 atom stereocenters. The average molecular weight is 448 g/mol. The van der Waals surface area contributed by atoms with Crippen LogP contribution >= 0.6 is 23.2 Å². The number of sulfonamides is 1. The van der Waals surface area contributed by atoms with Gasteiger partial charge in [-0.25, -0.2) is 8.42 Å². The Morgan fingerprint density at radius 3 is 2.68 bits per heavy atom. The van der Waals surface area contributed by atoms with Crippen LogP contribution in [0.15, 0.2) is 23.1 Å². The minimum atomic E-state index is -3.72. The van der Waals surface area contributed by atoms with Crippen molar-refractivity contribution >= 4 is 39.1 Å². The molecule has 9 heteroatoms.